The number of anilines is 1. The van der Waals surface area contributed by atoms with Gasteiger partial charge in [-0.15, -0.1) is 6.42 Å². The van der Waals surface area contributed by atoms with Gasteiger partial charge in [-0.25, -0.2) is 4.79 Å². The van der Waals surface area contributed by atoms with Crippen LogP contribution in [-0.2, 0) is 11.1 Å². The summed E-state index contributed by atoms with van der Waals surface area (Å²) in [5, 5.41) is 0. The van der Waals surface area contributed by atoms with Crippen LogP contribution in [-0.4, -0.2) is 49.8 Å². The maximum atomic E-state index is 12.9. The van der Waals surface area contributed by atoms with E-state index in [1.54, 1.807) is 31.7 Å². The van der Waals surface area contributed by atoms with Gasteiger partial charge in [0.1, 0.15) is 5.60 Å². The summed E-state index contributed by atoms with van der Waals surface area (Å²) >= 11 is 0. The molecule has 2 rings (SSSR count). The molecular weight excluding hydrogens is 395 g/mol. The van der Waals surface area contributed by atoms with E-state index in [9.17, 15) is 17.7 Å². The van der Waals surface area contributed by atoms with Crippen LogP contribution in [0, 0.1) is 19.3 Å². The smallest absolute Gasteiger partial charge is 0.449 e. The van der Waals surface area contributed by atoms with Crippen molar-refractivity contribution >= 4 is 18.8 Å². The van der Waals surface area contributed by atoms with Gasteiger partial charge in [-0.3, -0.25) is 0 Å². The molecule has 1 saturated heterocycles. The van der Waals surface area contributed by atoms with E-state index >= 15 is 0 Å². The number of rotatable bonds is 3. The molecule has 148 valence electrons. The Balaban J connectivity index is 0.00000392. The predicted molar refractivity (Wildman–Crippen MR) is 102 cm³/mol. The first-order valence-corrected chi connectivity index (χ1v) is 8.93. The summed E-state index contributed by atoms with van der Waals surface area (Å²) in [5.41, 5.74) is 1.55. The Kier molecular flexibility index (Phi) is 8.97. The number of hydrogen-bond acceptors (Lipinski definition) is 3. The number of terminal acetylenes is 1. The number of carbonyl (C=O) groups excluding carboxylic acids is 1. The number of ether oxygens (including phenoxy) is 1. The molecule has 0 N–H and O–H groups in total. The molecule has 0 bridgehead atoms. The van der Waals surface area contributed by atoms with Gasteiger partial charge in [0, 0.05) is 37.4 Å². The zero-order chi connectivity index (χ0) is 20.4. The second-order valence-corrected chi connectivity index (χ2v) is 7.80. The van der Waals surface area contributed by atoms with E-state index in [-0.39, 0.29) is 63.0 Å². The first-order chi connectivity index (χ1) is 12.4. The molecule has 1 fully saturated rings. The molecule has 0 spiro atoms. The fourth-order valence-corrected chi connectivity index (χ4v) is 3.08. The van der Waals surface area contributed by atoms with E-state index in [4.69, 9.17) is 11.2 Å². The molecule has 4 nitrogen and oxygen atoms in total. The summed E-state index contributed by atoms with van der Waals surface area (Å²) in [4.78, 5) is 15.8. The minimum absolute atomic E-state index is 0. The molecule has 0 unspecified atom stereocenters. The van der Waals surface area contributed by atoms with Gasteiger partial charge in [0.25, 0.3) is 0 Å². The number of halogens is 3. The van der Waals surface area contributed by atoms with Gasteiger partial charge in [-0.2, -0.15) is 0 Å². The third-order valence-corrected chi connectivity index (χ3v) is 4.33. The first-order valence-electron chi connectivity index (χ1n) is 8.93. The van der Waals surface area contributed by atoms with Crippen LogP contribution in [0.25, 0.3) is 0 Å². The van der Waals surface area contributed by atoms with Crippen molar-refractivity contribution in [1.82, 2.24) is 4.90 Å². The average molecular weight is 420 g/mol. The standard InChI is InChI=1S/C19H25BF3N2O2.K/c1-6-16-11-15(13-20(21,22)23)12-17(14(16)2)24-7-9-25(10-8-24)18(26)27-19(3,4)5;/h1,11-12H,7-10,13H2,2-5H3;/q-1;+1. The zero-order valence-corrected chi connectivity index (χ0v) is 20.3. The Morgan fingerprint density at radius 1 is 1.21 bits per heavy atom. The summed E-state index contributed by atoms with van der Waals surface area (Å²) in [7, 11) is 0. The van der Waals surface area contributed by atoms with E-state index in [1.165, 1.54) is 6.07 Å². The number of nitrogens with zero attached hydrogens (tertiary/aromatic N) is 2. The third-order valence-electron chi connectivity index (χ3n) is 4.33. The Bertz CT molecular complexity index is 749. The van der Waals surface area contributed by atoms with Gasteiger partial charge in [-0.05, 0) is 45.4 Å². The second-order valence-electron chi connectivity index (χ2n) is 7.80. The van der Waals surface area contributed by atoms with E-state index in [1.807, 2.05) is 11.8 Å². The van der Waals surface area contributed by atoms with Crippen molar-refractivity contribution in [3.8, 4) is 12.3 Å². The molecule has 9 heteroatoms. The van der Waals surface area contributed by atoms with Crippen molar-refractivity contribution in [3.63, 3.8) is 0 Å². The van der Waals surface area contributed by atoms with E-state index in [2.05, 4.69) is 5.92 Å². The maximum Gasteiger partial charge on any atom is 1.00 e. The summed E-state index contributed by atoms with van der Waals surface area (Å²) in [6.45, 7) is 4.17. The van der Waals surface area contributed by atoms with E-state index in [0.717, 1.165) is 5.56 Å². The van der Waals surface area contributed by atoms with Crippen LogP contribution in [0.4, 0.5) is 23.4 Å². The first kappa shape index (κ1) is 25.4. The SMILES string of the molecule is C#Cc1cc(C[B-](F)(F)F)cc(N2CCN(C(=O)OC(C)(C)C)CC2)c1C.[K+]. The second kappa shape index (κ2) is 9.90. The molecule has 0 aromatic heterocycles. The van der Waals surface area contributed by atoms with Gasteiger partial charge < -0.3 is 27.5 Å². The molecule has 0 aliphatic carbocycles. The van der Waals surface area contributed by atoms with E-state index < -0.39 is 18.9 Å². The quantitative estimate of drug-likeness (QED) is 0.540. The Morgan fingerprint density at radius 2 is 1.79 bits per heavy atom. The van der Waals surface area contributed by atoms with Crippen LogP contribution in [0.15, 0.2) is 12.1 Å². The Hall–Kier alpha value is -0.659. The molecule has 1 amide bonds. The van der Waals surface area contributed by atoms with Crippen molar-refractivity contribution in [2.24, 2.45) is 0 Å². The molecule has 0 atom stereocenters. The van der Waals surface area contributed by atoms with E-state index in [0.29, 0.717) is 37.4 Å². The molecule has 1 aliphatic rings. The maximum absolute atomic E-state index is 12.9. The predicted octanol–water partition coefficient (Wildman–Crippen LogP) is 0.967. The Labute approximate surface area is 207 Å². The number of carbonyl (C=O) groups is 1. The fourth-order valence-electron chi connectivity index (χ4n) is 3.08. The van der Waals surface area contributed by atoms with Gasteiger partial charge in [0.2, 0.25) is 0 Å². The normalized spacial score (nSPS) is 14.9. The summed E-state index contributed by atoms with van der Waals surface area (Å²) in [5.74, 6) is 2.48. The molecule has 0 saturated carbocycles. The minimum Gasteiger partial charge on any atom is -0.449 e. The summed E-state index contributed by atoms with van der Waals surface area (Å²) in [6.07, 6.45) is 4.15. The van der Waals surface area contributed by atoms with Crippen LogP contribution in [0.3, 0.4) is 0 Å². The fraction of sp³-hybridized carbons (Fsp3) is 0.526. The number of benzene rings is 1. The molecule has 1 aromatic carbocycles. The number of amides is 1. The van der Waals surface area contributed by atoms with Gasteiger partial charge in [0.05, 0.1) is 0 Å². The Morgan fingerprint density at radius 3 is 2.25 bits per heavy atom. The number of piperazine rings is 1. The monoisotopic (exact) mass is 420 g/mol. The molecule has 1 heterocycles. The van der Waals surface area contributed by atoms with Crippen LogP contribution >= 0.6 is 0 Å². The largest absolute Gasteiger partial charge is 1.00 e. The van der Waals surface area contributed by atoms with Crippen molar-refractivity contribution < 1.29 is 73.9 Å². The molecular formula is C19H25BF3KN2O2. The zero-order valence-electron chi connectivity index (χ0n) is 17.2. The van der Waals surface area contributed by atoms with Gasteiger partial charge >= 0.3 is 64.5 Å². The van der Waals surface area contributed by atoms with Crippen LogP contribution in [0.1, 0.15) is 37.5 Å². The molecule has 1 aromatic rings. The molecule has 0 radical (unpaired) electrons. The molecule has 1 aliphatic heterocycles. The van der Waals surface area contributed by atoms with Crippen molar-refractivity contribution in [2.75, 3.05) is 31.1 Å². The number of hydrogen-bond donors (Lipinski definition) is 0. The average Bonchev–Trinajstić information content (AvgIpc) is 2.53. The van der Waals surface area contributed by atoms with Gasteiger partial charge in [-0.1, -0.05) is 17.8 Å². The van der Waals surface area contributed by atoms with Crippen molar-refractivity contribution in [2.45, 2.75) is 39.6 Å². The third kappa shape index (κ3) is 7.30. The topological polar surface area (TPSA) is 32.8 Å². The van der Waals surface area contributed by atoms with Crippen molar-refractivity contribution in [3.05, 3.63) is 28.8 Å². The van der Waals surface area contributed by atoms with Gasteiger partial charge in [0.15, 0.2) is 0 Å². The van der Waals surface area contributed by atoms with Crippen LogP contribution in [0.2, 0.25) is 0 Å². The minimum atomic E-state index is -4.94. The summed E-state index contributed by atoms with van der Waals surface area (Å²) < 4.78 is 44.0. The molecule has 28 heavy (non-hydrogen) atoms. The van der Waals surface area contributed by atoms with Crippen LogP contribution in [0.5, 0.6) is 0 Å². The van der Waals surface area contributed by atoms with Crippen LogP contribution < -0.4 is 56.3 Å². The van der Waals surface area contributed by atoms with Crippen molar-refractivity contribution in [1.29, 1.82) is 0 Å². The summed E-state index contributed by atoms with van der Waals surface area (Å²) in [6, 6.07) is 3.00.